The molecule has 0 aromatic rings. The average molecular weight is 231 g/mol. The van der Waals surface area contributed by atoms with Gasteiger partial charge in [0.15, 0.2) is 0 Å². The molecule has 0 spiro atoms. The lowest BCUT2D eigenvalue weighted by atomic mass is 9.88. The van der Waals surface area contributed by atoms with Crippen molar-refractivity contribution in [3.8, 4) is 0 Å². The van der Waals surface area contributed by atoms with Gasteiger partial charge in [-0.3, -0.25) is 0 Å². The Hall–Kier alpha value is -0.160. The van der Waals surface area contributed by atoms with Crippen molar-refractivity contribution in [1.82, 2.24) is 0 Å². The van der Waals surface area contributed by atoms with Crippen LogP contribution in [0, 0.1) is 5.92 Å². The molecule has 0 heterocycles. The van der Waals surface area contributed by atoms with E-state index in [0.717, 1.165) is 32.3 Å². The van der Waals surface area contributed by atoms with Crippen LogP contribution in [0.3, 0.4) is 0 Å². The van der Waals surface area contributed by atoms with Crippen molar-refractivity contribution in [1.29, 1.82) is 0 Å². The highest BCUT2D eigenvalue weighted by atomic mass is 16.5. The van der Waals surface area contributed by atoms with Crippen LogP contribution in [0.4, 0.5) is 0 Å². The minimum absolute atomic E-state index is 0.310. The number of hydrogen-bond donors (Lipinski definition) is 2. The molecule has 2 atom stereocenters. The van der Waals surface area contributed by atoms with Crippen LogP contribution in [0.5, 0.6) is 0 Å². The van der Waals surface area contributed by atoms with Gasteiger partial charge in [-0.1, -0.05) is 6.42 Å². The third kappa shape index (κ3) is 4.01. The van der Waals surface area contributed by atoms with Crippen LogP contribution in [0.15, 0.2) is 0 Å². The van der Waals surface area contributed by atoms with E-state index in [1.807, 2.05) is 6.92 Å². The van der Waals surface area contributed by atoms with E-state index >= 15 is 0 Å². The van der Waals surface area contributed by atoms with Gasteiger partial charge in [0.2, 0.25) is 0 Å². The predicted octanol–water partition coefficient (Wildman–Crippen LogP) is 0.920. The van der Waals surface area contributed by atoms with Crippen molar-refractivity contribution in [3.63, 3.8) is 0 Å². The van der Waals surface area contributed by atoms with E-state index in [0.29, 0.717) is 32.3 Å². The zero-order chi connectivity index (χ0) is 11.9. The number of hydrogen-bond acceptors (Lipinski definition) is 4. The maximum atomic E-state index is 10.2. The Kier molecular flexibility index (Phi) is 6.28. The van der Waals surface area contributed by atoms with Crippen molar-refractivity contribution in [2.45, 2.75) is 38.2 Å². The summed E-state index contributed by atoms with van der Waals surface area (Å²) in [6, 6.07) is 0. The molecule has 0 aliphatic heterocycles. The summed E-state index contributed by atoms with van der Waals surface area (Å²) in [5, 5.41) is 10.2. The Balaban J connectivity index is 2.08. The molecule has 1 rings (SSSR count). The fourth-order valence-corrected chi connectivity index (χ4v) is 2.40. The van der Waals surface area contributed by atoms with Gasteiger partial charge < -0.3 is 20.3 Å². The molecule has 1 saturated carbocycles. The molecule has 3 N–H and O–H groups in total. The van der Waals surface area contributed by atoms with Crippen molar-refractivity contribution < 1.29 is 14.6 Å². The molecule has 4 nitrogen and oxygen atoms in total. The standard InChI is InChI=1S/C12H25NO3/c1-2-15-8-9-16-7-5-11-4-3-6-12(11,14)10-13/h11,14H,2-10,13H2,1H3. The van der Waals surface area contributed by atoms with Crippen LogP contribution >= 0.6 is 0 Å². The molecule has 1 fully saturated rings. The first-order chi connectivity index (χ1) is 7.73. The van der Waals surface area contributed by atoms with Crippen molar-refractivity contribution in [3.05, 3.63) is 0 Å². The van der Waals surface area contributed by atoms with Gasteiger partial charge in [-0.2, -0.15) is 0 Å². The summed E-state index contributed by atoms with van der Waals surface area (Å²) in [4.78, 5) is 0. The zero-order valence-electron chi connectivity index (χ0n) is 10.3. The van der Waals surface area contributed by atoms with Gasteiger partial charge in [-0.05, 0) is 32.1 Å². The lowest BCUT2D eigenvalue weighted by Crippen LogP contribution is -2.41. The summed E-state index contributed by atoms with van der Waals surface area (Å²) in [6.45, 7) is 5.07. The second kappa shape index (κ2) is 7.22. The highest BCUT2D eigenvalue weighted by Crippen LogP contribution is 2.36. The molecule has 4 heteroatoms. The predicted molar refractivity (Wildman–Crippen MR) is 63.3 cm³/mol. The monoisotopic (exact) mass is 231 g/mol. The highest BCUT2D eigenvalue weighted by Gasteiger charge is 2.39. The molecule has 0 bridgehead atoms. The quantitative estimate of drug-likeness (QED) is 0.610. The molecular formula is C12H25NO3. The molecular weight excluding hydrogens is 206 g/mol. The molecule has 1 aliphatic carbocycles. The van der Waals surface area contributed by atoms with Gasteiger partial charge in [-0.25, -0.2) is 0 Å². The third-order valence-electron chi connectivity index (χ3n) is 3.46. The van der Waals surface area contributed by atoms with Gasteiger partial charge >= 0.3 is 0 Å². The lowest BCUT2D eigenvalue weighted by Gasteiger charge is -2.28. The van der Waals surface area contributed by atoms with Crippen LogP contribution in [0.1, 0.15) is 32.6 Å². The first-order valence-electron chi connectivity index (χ1n) is 6.31. The van der Waals surface area contributed by atoms with Gasteiger partial charge in [0.1, 0.15) is 0 Å². The minimum Gasteiger partial charge on any atom is -0.388 e. The Bertz CT molecular complexity index is 189. The Morgan fingerprint density at radius 1 is 1.31 bits per heavy atom. The molecule has 0 saturated heterocycles. The third-order valence-corrected chi connectivity index (χ3v) is 3.46. The number of nitrogens with two attached hydrogens (primary N) is 1. The highest BCUT2D eigenvalue weighted by molar-refractivity contribution is 4.92. The van der Waals surface area contributed by atoms with E-state index in [9.17, 15) is 5.11 Å². The van der Waals surface area contributed by atoms with Crippen molar-refractivity contribution in [2.24, 2.45) is 11.7 Å². The molecule has 1 aliphatic rings. The largest absolute Gasteiger partial charge is 0.388 e. The number of ether oxygens (including phenoxy) is 2. The fraction of sp³-hybridized carbons (Fsp3) is 1.00. The Morgan fingerprint density at radius 3 is 2.75 bits per heavy atom. The fourth-order valence-electron chi connectivity index (χ4n) is 2.40. The molecule has 96 valence electrons. The summed E-state index contributed by atoms with van der Waals surface area (Å²) < 4.78 is 10.6. The van der Waals surface area contributed by atoms with E-state index in [2.05, 4.69) is 0 Å². The summed E-state index contributed by atoms with van der Waals surface area (Å²) in [6.07, 6.45) is 3.90. The maximum absolute atomic E-state index is 10.2. The topological polar surface area (TPSA) is 64.7 Å². The summed E-state index contributed by atoms with van der Waals surface area (Å²) in [5.41, 5.74) is 4.98. The first kappa shape index (κ1) is 13.9. The molecule has 2 unspecified atom stereocenters. The maximum Gasteiger partial charge on any atom is 0.0798 e. The minimum atomic E-state index is -0.636. The number of rotatable bonds is 8. The van der Waals surface area contributed by atoms with E-state index < -0.39 is 5.60 Å². The van der Waals surface area contributed by atoms with Gasteiger partial charge in [0, 0.05) is 19.8 Å². The number of aliphatic hydroxyl groups is 1. The van der Waals surface area contributed by atoms with Crippen LogP contribution in [-0.2, 0) is 9.47 Å². The van der Waals surface area contributed by atoms with E-state index in [1.54, 1.807) is 0 Å². The smallest absolute Gasteiger partial charge is 0.0798 e. The van der Waals surface area contributed by atoms with Crippen molar-refractivity contribution >= 4 is 0 Å². The van der Waals surface area contributed by atoms with Crippen LogP contribution in [0.25, 0.3) is 0 Å². The van der Waals surface area contributed by atoms with E-state index in [1.165, 1.54) is 0 Å². The summed E-state index contributed by atoms with van der Waals surface area (Å²) in [7, 11) is 0. The Labute approximate surface area is 98.1 Å². The molecule has 0 radical (unpaired) electrons. The van der Waals surface area contributed by atoms with Gasteiger partial charge in [0.25, 0.3) is 0 Å². The first-order valence-corrected chi connectivity index (χ1v) is 6.31. The van der Waals surface area contributed by atoms with Crippen molar-refractivity contribution in [2.75, 3.05) is 33.0 Å². The summed E-state index contributed by atoms with van der Waals surface area (Å²) >= 11 is 0. The summed E-state index contributed by atoms with van der Waals surface area (Å²) in [5.74, 6) is 0.310. The molecule has 0 aromatic heterocycles. The zero-order valence-corrected chi connectivity index (χ0v) is 10.3. The van der Waals surface area contributed by atoms with Gasteiger partial charge in [0.05, 0.1) is 18.8 Å². The lowest BCUT2D eigenvalue weighted by molar-refractivity contribution is -0.00985. The van der Waals surface area contributed by atoms with E-state index in [-0.39, 0.29) is 0 Å². The second-order valence-electron chi connectivity index (χ2n) is 4.49. The average Bonchev–Trinajstić information content (AvgIpc) is 2.66. The SMILES string of the molecule is CCOCCOCCC1CCCC1(O)CN. The second-order valence-corrected chi connectivity index (χ2v) is 4.49. The molecule has 0 aromatic carbocycles. The van der Waals surface area contributed by atoms with E-state index in [4.69, 9.17) is 15.2 Å². The molecule has 0 amide bonds. The van der Waals surface area contributed by atoms with Crippen LogP contribution < -0.4 is 5.73 Å². The van der Waals surface area contributed by atoms with Gasteiger partial charge in [-0.15, -0.1) is 0 Å². The normalized spacial score (nSPS) is 29.8. The Morgan fingerprint density at radius 2 is 2.06 bits per heavy atom. The van der Waals surface area contributed by atoms with Crippen LogP contribution in [0.2, 0.25) is 0 Å². The van der Waals surface area contributed by atoms with Crippen LogP contribution in [-0.4, -0.2) is 43.7 Å². The molecule has 16 heavy (non-hydrogen) atoms.